The molecule has 0 aliphatic carbocycles. The van der Waals surface area contributed by atoms with Crippen LogP contribution in [0.15, 0.2) is 12.1 Å². The van der Waals surface area contributed by atoms with Crippen molar-refractivity contribution in [3.8, 4) is 5.88 Å². The Bertz CT molecular complexity index is 452. The molecular weight excluding hydrogens is 242 g/mol. The van der Waals surface area contributed by atoms with Gasteiger partial charge in [-0.05, 0) is 37.8 Å². The van der Waals surface area contributed by atoms with E-state index in [4.69, 9.17) is 15.2 Å². The van der Waals surface area contributed by atoms with Crippen molar-refractivity contribution in [1.29, 1.82) is 0 Å². The van der Waals surface area contributed by atoms with E-state index in [-0.39, 0.29) is 0 Å². The van der Waals surface area contributed by atoms with Gasteiger partial charge in [-0.1, -0.05) is 6.92 Å². The first-order valence-electron chi connectivity index (χ1n) is 7.07. The monoisotopic (exact) mass is 263 g/mol. The maximum Gasteiger partial charge on any atom is 0.239 e. The molecule has 3 N–H and O–H groups in total. The molecule has 2 aliphatic heterocycles. The molecule has 0 radical (unpaired) electrons. The molecule has 19 heavy (non-hydrogen) atoms. The maximum absolute atomic E-state index is 5.86. The standard InChI is InChI=1S/C14H21N3O2/c1-2-7-18-14-10(15)4-6-13(17-14)16-11-8-9-3-5-12(11)19-9/h4,6,9,11-12H,2-3,5,7-8,15H2,1H3,(H,16,17). The Balaban J connectivity index is 1.67. The number of fused-ring (bicyclic) bond motifs is 2. The Morgan fingerprint density at radius 2 is 2.37 bits per heavy atom. The topological polar surface area (TPSA) is 69.4 Å². The number of ether oxygens (including phenoxy) is 2. The third-order valence-electron chi connectivity index (χ3n) is 3.77. The number of nitrogens with two attached hydrogens (primary N) is 1. The van der Waals surface area contributed by atoms with E-state index < -0.39 is 0 Å². The van der Waals surface area contributed by atoms with Crippen molar-refractivity contribution in [1.82, 2.24) is 4.98 Å². The number of anilines is 2. The molecule has 0 amide bonds. The van der Waals surface area contributed by atoms with Crippen molar-refractivity contribution < 1.29 is 9.47 Å². The number of nitrogen functional groups attached to an aromatic ring is 1. The smallest absolute Gasteiger partial charge is 0.239 e. The van der Waals surface area contributed by atoms with Crippen molar-refractivity contribution in [3.05, 3.63) is 12.1 Å². The summed E-state index contributed by atoms with van der Waals surface area (Å²) in [6.07, 6.45) is 5.14. The number of hydrogen-bond donors (Lipinski definition) is 2. The van der Waals surface area contributed by atoms with Crippen molar-refractivity contribution in [3.63, 3.8) is 0 Å². The van der Waals surface area contributed by atoms with Crippen molar-refractivity contribution in [2.75, 3.05) is 17.7 Å². The van der Waals surface area contributed by atoms with Crippen LogP contribution in [0, 0.1) is 0 Å². The highest BCUT2D eigenvalue weighted by Crippen LogP contribution is 2.36. The van der Waals surface area contributed by atoms with Gasteiger partial charge in [0.1, 0.15) is 5.82 Å². The maximum atomic E-state index is 5.86. The lowest BCUT2D eigenvalue weighted by molar-refractivity contribution is 0.102. The number of rotatable bonds is 5. The molecule has 2 aliphatic rings. The highest BCUT2D eigenvalue weighted by molar-refractivity contribution is 5.54. The van der Waals surface area contributed by atoms with Crippen LogP contribution in [-0.2, 0) is 4.74 Å². The Morgan fingerprint density at radius 1 is 1.47 bits per heavy atom. The molecule has 2 bridgehead atoms. The van der Waals surface area contributed by atoms with Gasteiger partial charge in [0.15, 0.2) is 0 Å². The SMILES string of the molecule is CCCOc1nc(NC2CC3CCC2O3)ccc1N. The Kier molecular flexibility index (Phi) is 3.46. The van der Waals surface area contributed by atoms with E-state index in [2.05, 4.69) is 17.2 Å². The van der Waals surface area contributed by atoms with Crippen LogP contribution in [0.2, 0.25) is 0 Å². The third-order valence-corrected chi connectivity index (χ3v) is 3.77. The molecule has 1 aromatic rings. The van der Waals surface area contributed by atoms with Gasteiger partial charge in [0.05, 0.1) is 30.5 Å². The molecule has 3 atom stereocenters. The Labute approximate surface area is 113 Å². The molecule has 3 unspecified atom stereocenters. The first kappa shape index (κ1) is 12.5. The van der Waals surface area contributed by atoms with Crippen LogP contribution >= 0.6 is 0 Å². The summed E-state index contributed by atoms with van der Waals surface area (Å²) in [5.41, 5.74) is 6.45. The molecule has 5 nitrogen and oxygen atoms in total. The van der Waals surface area contributed by atoms with Gasteiger partial charge in [0.25, 0.3) is 0 Å². The van der Waals surface area contributed by atoms with Gasteiger partial charge in [-0.3, -0.25) is 0 Å². The van der Waals surface area contributed by atoms with E-state index in [0.29, 0.717) is 36.4 Å². The van der Waals surface area contributed by atoms with Crippen molar-refractivity contribution in [2.45, 2.75) is 50.9 Å². The predicted molar refractivity (Wildman–Crippen MR) is 74.4 cm³/mol. The fourth-order valence-electron chi connectivity index (χ4n) is 2.83. The molecule has 104 valence electrons. The van der Waals surface area contributed by atoms with Crippen molar-refractivity contribution >= 4 is 11.5 Å². The zero-order valence-corrected chi connectivity index (χ0v) is 11.3. The van der Waals surface area contributed by atoms with E-state index >= 15 is 0 Å². The summed E-state index contributed by atoms with van der Waals surface area (Å²) in [6.45, 7) is 2.70. The minimum absolute atomic E-state index is 0.337. The fourth-order valence-corrected chi connectivity index (χ4v) is 2.83. The van der Waals surface area contributed by atoms with Crippen LogP contribution in [0.3, 0.4) is 0 Å². The number of pyridine rings is 1. The summed E-state index contributed by atoms with van der Waals surface area (Å²) < 4.78 is 11.4. The lowest BCUT2D eigenvalue weighted by Gasteiger charge is -2.21. The van der Waals surface area contributed by atoms with Gasteiger partial charge in [-0.15, -0.1) is 0 Å². The quantitative estimate of drug-likeness (QED) is 0.852. The summed E-state index contributed by atoms with van der Waals surface area (Å²) >= 11 is 0. The highest BCUT2D eigenvalue weighted by atomic mass is 16.5. The second-order valence-electron chi connectivity index (χ2n) is 5.30. The normalized spacial score (nSPS) is 28.6. The van der Waals surface area contributed by atoms with E-state index in [1.165, 1.54) is 6.42 Å². The van der Waals surface area contributed by atoms with Crippen molar-refractivity contribution in [2.24, 2.45) is 0 Å². The molecule has 3 heterocycles. The predicted octanol–water partition coefficient (Wildman–Crippen LogP) is 2.18. The summed E-state index contributed by atoms with van der Waals surface area (Å²) in [6, 6.07) is 4.11. The number of nitrogens with one attached hydrogen (secondary N) is 1. The summed E-state index contributed by atoms with van der Waals surface area (Å²) in [5, 5.41) is 3.44. The Morgan fingerprint density at radius 3 is 3.05 bits per heavy atom. The average Bonchev–Trinajstić information content (AvgIpc) is 3.01. The van der Waals surface area contributed by atoms with Crippen LogP contribution in [0.25, 0.3) is 0 Å². The van der Waals surface area contributed by atoms with Crippen LogP contribution in [0.1, 0.15) is 32.6 Å². The molecule has 0 spiro atoms. The first-order valence-corrected chi connectivity index (χ1v) is 7.07. The second-order valence-corrected chi connectivity index (χ2v) is 5.30. The van der Waals surface area contributed by atoms with Gasteiger partial charge in [0.2, 0.25) is 5.88 Å². The summed E-state index contributed by atoms with van der Waals surface area (Å²) in [4.78, 5) is 4.44. The van der Waals surface area contributed by atoms with E-state index in [9.17, 15) is 0 Å². The number of nitrogens with zero attached hydrogens (tertiary/aromatic N) is 1. The zero-order chi connectivity index (χ0) is 13.2. The fraction of sp³-hybridized carbons (Fsp3) is 0.643. The molecule has 3 rings (SSSR count). The molecule has 2 saturated heterocycles. The lowest BCUT2D eigenvalue weighted by Crippen LogP contribution is -2.30. The van der Waals surface area contributed by atoms with Gasteiger partial charge in [0, 0.05) is 0 Å². The Hall–Kier alpha value is -1.49. The molecule has 5 heteroatoms. The van der Waals surface area contributed by atoms with E-state index in [1.807, 2.05) is 12.1 Å². The zero-order valence-electron chi connectivity index (χ0n) is 11.3. The summed E-state index contributed by atoms with van der Waals surface area (Å²) in [5.74, 6) is 1.34. The molecule has 1 aromatic heterocycles. The molecule has 0 aromatic carbocycles. The largest absolute Gasteiger partial charge is 0.476 e. The molecule has 2 fully saturated rings. The molecular formula is C14H21N3O2. The minimum atomic E-state index is 0.337. The average molecular weight is 263 g/mol. The minimum Gasteiger partial charge on any atom is -0.476 e. The number of hydrogen-bond acceptors (Lipinski definition) is 5. The first-order chi connectivity index (χ1) is 9.26. The van der Waals surface area contributed by atoms with Gasteiger partial charge in [-0.25, -0.2) is 0 Å². The highest BCUT2D eigenvalue weighted by Gasteiger charge is 2.40. The van der Waals surface area contributed by atoms with Gasteiger partial charge in [-0.2, -0.15) is 4.98 Å². The van der Waals surface area contributed by atoms with E-state index in [1.54, 1.807) is 0 Å². The van der Waals surface area contributed by atoms with Gasteiger partial charge >= 0.3 is 0 Å². The third kappa shape index (κ3) is 2.61. The lowest BCUT2D eigenvalue weighted by atomic mass is 9.95. The van der Waals surface area contributed by atoms with Crippen LogP contribution in [-0.4, -0.2) is 29.8 Å². The van der Waals surface area contributed by atoms with Crippen LogP contribution < -0.4 is 15.8 Å². The number of aromatic nitrogens is 1. The van der Waals surface area contributed by atoms with Crippen LogP contribution in [0.5, 0.6) is 5.88 Å². The molecule has 0 saturated carbocycles. The van der Waals surface area contributed by atoms with E-state index in [0.717, 1.165) is 25.1 Å². The van der Waals surface area contributed by atoms with Crippen LogP contribution in [0.4, 0.5) is 11.5 Å². The summed E-state index contributed by atoms with van der Waals surface area (Å²) in [7, 11) is 0. The van der Waals surface area contributed by atoms with Gasteiger partial charge < -0.3 is 20.5 Å². The second kappa shape index (κ2) is 5.25.